The zero-order valence-corrected chi connectivity index (χ0v) is 17.2. The third-order valence-corrected chi connectivity index (χ3v) is 5.31. The van der Waals surface area contributed by atoms with E-state index in [-0.39, 0.29) is 17.3 Å². The molecule has 0 bridgehead atoms. The summed E-state index contributed by atoms with van der Waals surface area (Å²) in [6.07, 6.45) is 1.85. The minimum Gasteiger partial charge on any atom is -0.495 e. The summed E-state index contributed by atoms with van der Waals surface area (Å²) >= 11 is 0. The molecule has 0 saturated carbocycles. The van der Waals surface area contributed by atoms with E-state index in [0.29, 0.717) is 31.1 Å². The number of hydrogen-bond acceptors (Lipinski definition) is 6. The van der Waals surface area contributed by atoms with Gasteiger partial charge in [-0.15, -0.1) is 10.2 Å². The molecule has 1 amide bonds. The van der Waals surface area contributed by atoms with Crippen LogP contribution in [0.4, 0.5) is 24.7 Å². The van der Waals surface area contributed by atoms with Crippen molar-refractivity contribution in [2.45, 2.75) is 19.0 Å². The molecule has 0 spiro atoms. The van der Waals surface area contributed by atoms with E-state index < -0.39 is 17.7 Å². The number of alkyl halides is 3. The summed E-state index contributed by atoms with van der Waals surface area (Å²) in [4.78, 5) is 18.8. The Morgan fingerprint density at radius 1 is 1.19 bits per heavy atom. The predicted octanol–water partition coefficient (Wildman–Crippen LogP) is 3.54. The first kappa shape index (κ1) is 21.6. The van der Waals surface area contributed by atoms with Crippen LogP contribution in [0, 0.1) is 5.92 Å². The van der Waals surface area contributed by atoms with E-state index in [9.17, 15) is 18.0 Å². The minimum absolute atomic E-state index is 0.00562. The first-order chi connectivity index (χ1) is 15.3. The Labute approximate surface area is 182 Å². The van der Waals surface area contributed by atoms with Gasteiger partial charge in [-0.2, -0.15) is 13.2 Å². The number of hydrogen-bond donors (Lipinski definition) is 1. The van der Waals surface area contributed by atoms with Crippen molar-refractivity contribution in [1.82, 2.24) is 19.7 Å². The van der Waals surface area contributed by atoms with E-state index in [1.165, 1.54) is 13.2 Å². The highest BCUT2D eigenvalue weighted by atomic mass is 19.4. The number of carbonyl (C=O) groups is 1. The standard InChI is InChI=1S/C21H21F3N6O2/c1-32-17-5-4-15(21(22,23)24)11-16(17)26-20(31)14-3-2-9-29(12-14)18-6-7-19(28-27-18)30-10-8-25-13-30/h4-8,10-11,13-14H,2-3,9,12H2,1H3,(H,26,31). The minimum atomic E-state index is -4.52. The molecule has 1 saturated heterocycles. The molecular weight excluding hydrogens is 425 g/mol. The highest BCUT2D eigenvalue weighted by Gasteiger charge is 2.32. The maximum Gasteiger partial charge on any atom is 0.416 e. The predicted molar refractivity (Wildman–Crippen MR) is 111 cm³/mol. The molecule has 1 fully saturated rings. The van der Waals surface area contributed by atoms with Gasteiger partial charge in [0.05, 0.1) is 24.3 Å². The van der Waals surface area contributed by atoms with E-state index in [2.05, 4.69) is 20.5 Å². The fourth-order valence-electron chi connectivity index (χ4n) is 3.64. The van der Waals surface area contributed by atoms with E-state index in [0.717, 1.165) is 18.6 Å². The maximum atomic E-state index is 13.1. The van der Waals surface area contributed by atoms with Crippen molar-refractivity contribution >= 4 is 17.4 Å². The second kappa shape index (κ2) is 8.85. The van der Waals surface area contributed by atoms with Crippen LogP contribution in [0.5, 0.6) is 5.75 Å². The van der Waals surface area contributed by atoms with E-state index in [4.69, 9.17) is 4.74 Å². The quantitative estimate of drug-likeness (QED) is 0.645. The van der Waals surface area contributed by atoms with E-state index >= 15 is 0 Å². The largest absolute Gasteiger partial charge is 0.495 e. The average molecular weight is 446 g/mol. The molecule has 3 heterocycles. The van der Waals surface area contributed by atoms with Gasteiger partial charge >= 0.3 is 6.18 Å². The number of rotatable bonds is 5. The summed E-state index contributed by atoms with van der Waals surface area (Å²) in [5.41, 5.74) is -0.860. The van der Waals surface area contributed by atoms with Gasteiger partial charge in [-0.1, -0.05) is 0 Å². The number of imidazole rings is 1. The molecule has 32 heavy (non-hydrogen) atoms. The number of halogens is 3. The van der Waals surface area contributed by atoms with Gasteiger partial charge in [-0.25, -0.2) is 4.98 Å². The number of benzene rings is 1. The van der Waals surface area contributed by atoms with Crippen molar-refractivity contribution in [2.24, 2.45) is 5.92 Å². The van der Waals surface area contributed by atoms with Gasteiger partial charge < -0.3 is 15.0 Å². The Balaban J connectivity index is 1.46. The van der Waals surface area contributed by atoms with Gasteiger partial charge in [0.15, 0.2) is 11.6 Å². The molecule has 1 N–H and O–H groups in total. The van der Waals surface area contributed by atoms with Crippen LogP contribution >= 0.6 is 0 Å². The third kappa shape index (κ3) is 4.66. The van der Waals surface area contributed by atoms with Crippen molar-refractivity contribution in [3.8, 4) is 11.6 Å². The number of piperidine rings is 1. The molecule has 2 aromatic heterocycles. The summed E-state index contributed by atoms with van der Waals surface area (Å²) in [7, 11) is 1.34. The highest BCUT2D eigenvalue weighted by molar-refractivity contribution is 5.94. The fourth-order valence-corrected chi connectivity index (χ4v) is 3.64. The molecule has 4 rings (SSSR count). The summed E-state index contributed by atoms with van der Waals surface area (Å²) in [5, 5.41) is 11.1. The van der Waals surface area contributed by atoms with Crippen LogP contribution in [0.3, 0.4) is 0 Å². The number of carbonyl (C=O) groups excluding carboxylic acids is 1. The molecule has 0 aliphatic carbocycles. The first-order valence-electron chi connectivity index (χ1n) is 9.98. The number of anilines is 2. The molecule has 8 nitrogen and oxygen atoms in total. The topological polar surface area (TPSA) is 85.2 Å². The average Bonchev–Trinajstić information content (AvgIpc) is 3.34. The lowest BCUT2D eigenvalue weighted by molar-refractivity contribution is -0.137. The third-order valence-electron chi connectivity index (χ3n) is 5.31. The van der Waals surface area contributed by atoms with Gasteiger partial charge in [0.25, 0.3) is 0 Å². The number of amides is 1. The number of ether oxygens (including phenoxy) is 1. The molecule has 11 heteroatoms. The van der Waals surface area contributed by atoms with E-state index in [1.54, 1.807) is 29.4 Å². The molecule has 0 radical (unpaired) electrons. The van der Waals surface area contributed by atoms with E-state index in [1.807, 2.05) is 11.0 Å². The van der Waals surface area contributed by atoms with Gasteiger partial charge in [0.1, 0.15) is 12.1 Å². The fraction of sp³-hybridized carbons (Fsp3) is 0.333. The van der Waals surface area contributed by atoms with Crippen molar-refractivity contribution in [2.75, 3.05) is 30.4 Å². The molecule has 168 valence electrons. The van der Waals surface area contributed by atoms with Gasteiger partial charge in [-0.3, -0.25) is 9.36 Å². The maximum absolute atomic E-state index is 13.1. The first-order valence-corrected chi connectivity index (χ1v) is 9.98. The molecule has 3 aromatic rings. The second-order valence-corrected chi connectivity index (χ2v) is 7.41. The highest BCUT2D eigenvalue weighted by Crippen LogP contribution is 2.35. The van der Waals surface area contributed by atoms with Crippen LogP contribution in [-0.4, -0.2) is 45.9 Å². The number of aromatic nitrogens is 4. The number of nitrogens with zero attached hydrogens (tertiary/aromatic N) is 5. The second-order valence-electron chi connectivity index (χ2n) is 7.41. The molecule has 1 aromatic carbocycles. The Bertz CT molecular complexity index is 1070. The van der Waals surface area contributed by atoms with Crippen molar-refractivity contribution in [3.05, 3.63) is 54.6 Å². The van der Waals surface area contributed by atoms with Crippen LogP contribution in [0.25, 0.3) is 5.82 Å². The van der Waals surface area contributed by atoms with Crippen LogP contribution in [-0.2, 0) is 11.0 Å². The summed E-state index contributed by atoms with van der Waals surface area (Å²) < 4.78 is 46.1. The Kier molecular flexibility index (Phi) is 5.97. The molecule has 1 atom stereocenters. The zero-order chi connectivity index (χ0) is 22.7. The summed E-state index contributed by atoms with van der Waals surface area (Å²) in [6.45, 7) is 1.09. The molecular formula is C21H21F3N6O2. The summed E-state index contributed by atoms with van der Waals surface area (Å²) in [6, 6.07) is 6.63. The van der Waals surface area contributed by atoms with Crippen molar-refractivity contribution in [3.63, 3.8) is 0 Å². The number of nitrogens with one attached hydrogen (secondary N) is 1. The lowest BCUT2D eigenvalue weighted by atomic mass is 9.97. The van der Waals surface area contributed by atoms with Crippen LogP contribution in [0.15, 0.2) is 49.1 Å². The Hall–Kier alpha value is -3.63. The van der Waals surface area contributed by atoms with Crippen molar-refractivity contribution < 1.29 is 22.7 Å². The summed E-state index contributed by atoms with van der Waals surface area (Å²) in [5.74, 6) is 0.630. The lowest BCUT2D eigenvalue weighted by Crippen LogP contribution is -2.41. The Morgan fingerprint density at radius 3 is 2.62 bits per heavy atom. The van der Waals surface area contributed by atoms with Gasteiger partial charge in [-0.05, 0) is 43.2 Å². The monoisotopic (exact) mass is 446 g/mol. The molecule has 1 aliphatic rings. The molecule has 1 aliphatic heterocycles. The van der Waals surface area contributed by atoms with Gasteiger partial charge in [0.2, 0.25) is 5.91 Å². The SMILES string of the molecule is COc1ccc(C(F)(F)F)cc1NC(=O)C1CCCN(c2ccc(-n3ccnc3)nn2)C1. The van der Waals surface area contributed by atoms with Crippen LogP contribution < -0.4 is 15.0 Å². The normalized spacial score (nSPS) is 16.6. The van der Waals surface area contributed by atoms with Crippen LogP contribution in [0.2, 0.25) is 0 Å². The Morgan fingerprint density at radius 2 is 1.97 bits per heavy atom. The van der Waals surface area contributed by atoms with Gasteiger partial charge in [0, 0.05) is 25.5 Å². The van der Waals surface area contributed by atoms with Crippen LogP contribution in [0.1, 0.15) is 18.4 Å². The lowest BCUT2D eigenvalue weighted by Gasteiger charge is -2.32. The zero-order valence-electron chi connectivity index (χ0n) is 17.2. The smallest absolute Gasteiger partial charge is 0.416 e. The van der Waals surface area contributed by atoms with Crippen molar-refractivity contribution in [1.29, 1.82) is 0 Å². The molecule has 1 unspecified atom stereocenters. The number of methoxy groups -OCH3 is 1.